The molecule has 0 radical (unpaired) electrons. The Morgan fingerprint density at radius 1 is 1.06 bits per heavy atom. The van der Waals surface area contributed by atoms with Gasteiger partial charge in [0.05, 0.1) is 12.8 Å². The van der Waals surface area contributed by atoms with Gasteiger partial charge in [-0.1, -0.05) is 48.5 Å². The van der Waals surface area contributed by atoms with Crippen LogP contribution in [0.5, 0.6) is 0 Å². The van der Waals surface area contributed by atoms with E-state index in [1.165, 1.54) is 0 Å². The maximum atomic E-state index is 13.6. The summed E-state index contributed by atoms with van der Waals surface area (Å²) in [5, 5.41) is 4.05. The molecule has 2 amide bonds. The first-order chi connectivity index (χ1) is 15.6. The Labute approximate surface area is 186 Å². The molecule has 2 aromatic heterocycles. The molecule has 0 saturated heterocycles. The zero-order valence-corrected chi connectivity index (χ0v) is 18.0. The minimum atomic E-state index is -1.03. The quantitative estimate of drug-likeness (QED) is 0.506. The summed E-state index contributed by atoms with van der Waals surface area (Å²) in [7, 11) is 0. The third-order valence-corrected chi connectivity index (χ3v) is 6.28. The number of benzene rings is 2. The van der Waals surface area contributed by atoms with E-state index in [2.05, 4.69) is 5.32 Å². The van der Waals surface area contributed by atoms with E-state index in [4.69, 9.17) is 4.42 Å². The molecular formula is C26H25N3O3. The van der Waals surface area contributed by atoms with E-state index in [9.17, 15) is 9.59 Å². The van der Waals surface area contributed by atoms with Crippen molar-refractivity contribution in [3.63, 3.8) is 0 Å². The summed E-state index contributed by atoms with van der Waals surface area (Å²) in [6.07, 6.45) is 2.16. The van der Waals surface area contributed by atoms with Crippen LogP contribution in [0.25, 0.3) is 10.9 Å². The number of amides is 2. The minimum Gasteiger partial charge on any atom is -0.469 e. The fraction of sp³-hybridized carbons (Fsp3) is 0.231. The van der Waals surface area contributed by atoms with Gasteiger partial charge in [0.15, 0.2) is 0 Å². The van der Waals surface area contributed by atoms with Gasteiger partial charge in [-0.3, -0.25) is 9.59 Å². The summed E-state index contributed by atoms with van der Waals surface area (Å²) in [6, 6.07) is 23.3. The maximum Gasteiger partial charge on any atom is 0.271 e. The summed E-state index contributed by atoms with van der Waals surface area (Å²) in [4.78, 5) is 28.9. The number of nitrogens with one attached hydrogen (secondary N) is 1. The van der Waals surface area contributed by atoms with Crippen LogP contribution in [0.3, 0.4) is 0 Å². The number of carbonyl (C=O) groups excluding carboxylic acids is 2. The Hall–Kier alpha value is -3.80. The van der Waals surface area contributed by atoms with E-state index in [-0.39, 0.29) is 11.8 Å². The third kappa shape index (κ3) is 3.47. The van der Waals surface area contributed by atoms with Gasteiger partial charge < -0.3 is 19.2 Å². The standard InChI is InChI=1S/C26H25N3O3/c1-26(25(31)27-17-19-8-3-2-4-9-19)18-28-22-12-6-5-10-20(22)16-23(28)24(30)29(26)14-13-21-11-7-15-32-21/h2-12,15-16H,13-14,17-18H2,1H3,(H,27,31)/t26-/m0/s1. The second kappa shape index (κ2) is 8.04. The van der Waals surface area contributed by atoms with Crippen molar-refractivity contribution >= 4 is 22.7 Å². The highest BCUT2D eigenvalue weighted by Gasteiger charge is 2.47. The molecule has 1 N–H and O–H groups in total. The van der Waals surface area contributed by atoms with Gasteiger partial charge in [-0.25, -0.2) is 0 Å². The summed E-state index contributed by atoms with van der Waals surface area (Å²) < 4.78 is 7.44. The lowest BCUT2D eigenvalue weighted by molar-refractivity contribution is -0.133. The average Bonchev–Trinajstić information content (AvgIpc) is 3.46. The van der Waals surface area contributed by atoms with Crippen molar-refractivity contribution < 1.29 is 14.0 Å². The largest absolute Gasteiger partial charge is 0.469 e. The number of fused-ring (bicyclic) bond motifs is 3. The van der Waals surface area contributed by atoms with Crippen LogP contribution in [0.2, 0.25) is 0 Å². The molecule has 0 bridgehead atoms. The molecule has 6 heteroatoms. The Bertz CT molecular complexity index is 1260. The van der Waals surface area contributed by atoms with Gasteiger partial charge >= 0.3 is 0 Å². The van der Waals surface area contributed by atoms with Crippen LogP contribution in [-0.4, -0.2) is 33.4 Å². The fourth-order valence-electron chi connectivity index (χ4n) is 4.50. The molecular weight excluding hydrogens is 402 g/mol. The van der Waals surface area contributed by atoms with Crippen molar-refractivity contribution in [3.05, 3.63) is 96.1 Å². The van der Waals surface area contributed by atoms with Gasteiger partial charge in [-0.05, 0) is 36.8 Å². The molecule has 2 aromatic carbocycles. The lowest BCUT2D eigenvalue weighted by Gasteiger charge is -2.44. The number of para-hydroxylation sites is 1. The van der Waals surface area contributed by atoms with E-state index in [0.717, 1.165) is 22.2 Å². The highest BCUT2D eigenvalue weighted by molar-refractivity contribution is 6.03. The molecule has 0 fully saturated rings. The highest BCUT2D eigenvalue weighted by Crippen LogP contribution is 2.32. The molecule has 0 spiro atoms. The number of nitrogens with zero attached hydrogens (tertiary/aromatic N) is 2. The molecule has 5 rings (SSSR count). The Morgan fingerprint density at radius 3 is 2.62 bits per heavy atom. The van der Waals surface area contributed by atoms with Crippen LogP contribution in [0.4, 0.5) is 0 Å². The van der Waals surface area contributed by atoms with Crippen molar-refractivity contribution in [3.8, 4) is 0 Å². The molecule has 32 heavy (non-hydrogen) atoms. The number of furan rings is 1. The summed E-state index contributed by atoms with van der Waals surface area (Å²) >= 11 is 0. The zero-order valence-electron chi connectivity index (χ0n) is 18.0. The number of carbonyl (C=O) groups is 2. The number of hydrogen-bond acceptors (Lipinski definition) is 3. The average molecular weight is 428 g/mol. The lowest BCUT2D eigenvalue weighted by Crippen LogP contribution is -2.64. The van der Waals surface area contributed by atoms with E-state index in [1.54, 1.807) is 11.2 Å². The summed E-state index contributed by atoms with van der Waals surface area (Å²) in [5.41, 5.74) is 1.55. The Balaban J connectivity index is 1.49. The molecule has 0 unspecified atom stereocenters. The monoisotopic (exact) mass is 427 g/mol. The smallest absolute Gasteiger partial charge is 0.271 e. The van der Waals surface area contributed by atoms with Crippen LogP contribution >= 0.6 is 0 Å². The first-order valence-electron chi connectivity index (χ1n) is 10.8. The second-order valence-electron chi connectivity index (χ2n) is 8.40. The normalized spacial score (nSPS) is 18.0. The maximum absolute atomic E-state index is 13.6. The van der Waals surface area contributed by atoms with Crippen LogP contribution in [0.1, 0.15) is 28.7 Å². The molecule has 1 atom stereocenters. The van der Waals surface area contributed by atoms with Crippen molar-refractivity contribution in [2.24, 2.45) is 0 Å². The van der Waals surface area contributed by atoms with Crippen LogP contribution in [0, 0.1) is 0 Å². The zero-order chi connectivity index (χ0) is 22.1. The number of hydrogen-bond donors (Lipinski definition) is 1. The SMILES string of the molecule is C[C@@]1(C(=O)NCc2ccccc2)Cn2c(cc3ccccc32)C(=O)N1CCc1ccco1. The minimum absolute atomic E-state index is 0.142. The first-order valence-corrected chi connectivity index (χ1v) is 10.8. The van der Waals surface area contributed by atoms with Crippen molar-refractivity contribution in [2.45, 2.75) is 32.0 Å². The highest BCUT2D eigenvalue weighted by atomic mass is 16.3. The molecule has 0 aliphatic carbocycles. The molecule has 3 heterocycles. The topological polar surface area (TPSA) is 67.5 Å². The summed E-state index contributed by atoms with van der Waals surface area (Å²) in [6.45, 7) is 3.04. The molecule has 1 aliphatic rings. The van der Waals surface area contributed by atoms with E-state index < -0.39 is 5.54 Å². The van der Waals surface area contributed by atoms with Gasteiger partial charge in [-0.2, -0.15) is 0 Å². The van der Waals surface area contributed by atoms with Crippen molar-refractivity contribution in [1.29, 1.82) is 0 Å². The third-order valence-electron chi connectivity index (χ3n) is 6.28. The van der Waals surface area contributed by atoms with Crippen molar-refractivity contribution in [1.82, 2.24) is 14.8 Å². The van der Waals surface area contributed by atoms with E-state index >= 15 is 0 Å². The molecule has 1 aliphatic heterocycles. The van der Waals surface area contributed by atoms with Crippen LogP contribution in [0.15, 0.2) is 83.5 Å². The van der Waals surface area contributed by atoms with E-state index in [1.807, 2.05) is 84.3 Å². The molecule has 162 valence electrons. The van der Waals surface area contributed by atoms with Gasteiger partial charge in [0.1, 0.15) is 17.0 Å². The Morgan fingerprint density at radius 2 is 1.84 bits per heavy atom. The number of rotatable bonds is 6. The van der Waals surface area contributed by atoms with Crippen molar-refractivity contribution in [2.75, 3.05) is 6.54 Å². The predicted octanol–water partition coefficient (Wildman–Crippen LogP) is 4.01. The summed E-state index contributed by atoms with van der Waals surface area (Å²) in [5.74, 6) is 0.477. The van der Waals surface area contributed by atoms with Crippen LogP contribution in [-0.2, 0) is 24.3 Å². The molecule has 0 saturated carbocycles. The first kappa shape index (κ1) is 20.1. The Kier molecular flexibility index (Phi) is 5.05. The van der Waals surface area contributed by atoms with Gasteiger partial charge in [0, 0.05) is 30.4 Å². The second-order valence-corrected chi connectivity index (χ2v) is 8.40. The van der Waals surface area contributed by atoms with Crippen LogP contribution < -0.4 is 5.32 Å². The fourth-order valence-corrected chi connectivity index (χ4v) is 4.50. The molecule has 6 nitrogen and oxygen atoms in total. The molecule has 4 aromatic rings. The predicted molar refractivity (Wildman–Crippen MR) is 122 cm³/mol. The van der Waals surface area contributed by atoms with Gasteiger partial charge in [0.2, 0.25) is 5.91 Å². The number of aromatic nitrogens is 1. The van der Waals surface area contributed by atoms with Gasteiger partial charge in [-0.15, -0.1) is 0 Å². The lowest BCUT2D eigenvalue weighted by atomic mass is 9.94. The van der Waals surface area contributed by atoms with Gasteiger partial charge in [0.25, 0.3) is 5.91 Å². The van der Waals surface area contributed by atoms with E-state index in [0.29, 0.717) is 31.7 Å².